The zero-order chi connectivity index (χ0) is 14.7. The molecular formula is C15H22Br2N2O. The topological polar surface area (TPSA) is 23.6 Å². The molecule has 2 unspecified atom stereocenters. The van der Waals surface area contributed by atoms with Crippen molar-refractivity contribution in [1.29, 1.82) is 0 Å². The molecule has 2 atom stereocenters. The van der Waals surface area contributed by atoms with Crippen LogP contribution >= 0.6 is 31.9 Å². The number of amides is 2. The second-order valence-corrected chi connectivity index (χ2v) is 7.67. The molecule has 0 radical (unpaired) electrons. The van der Waals surface area contributed by atoms with Gasteiger partial charge < -0.3 is 9.80 Å². The molecule has 0 fully saturated rings. The van der Waals surface area contributed by atoms with E-state index >= 15 is 0 Å². The van der Waals surface area contributed by atoms with Crippen molar-refractivity contribution in [2.24, 2.45) is 0 Å². The molecule has 20 heavy (non-hydrogen) atoms. The standard InChI is InChI=1S/C15H22Br2N2O/c1-18(13-9-5-3-7-11(13)16)15(20)19(2)14-10-6-4-8-12(14)17/h3,5,11,13H,4,6-10H2,1-2H3. The van der Waals surface area contributed by atoms with Crippen molar-refractivity contribution in [2.75, 3.05) is 14.1 Å². The van der Waals surface area contributed by atoms with Crippen molar-refractivity contribution >= 4 is 37.9 Å². The van der Waals surface area contributed by atoms with Crippen LogP contribution in [0.5, 0.6) is 0 Å². The zero-order valence-electron chi connectivity index (χ0n) is 12.1. The lowest BCUT2D eigenvalue weighted by Gasteiger charge is -2.36. The van der Waals surface area contributed by atoms with E-state index < -0.39 is 0 Å². The van der Waals surface area contributed by atoms with Crippen LogP contribution in [0.15, 0.2) is 22.3 Å². The predicted octanol–water partition coefficient (Wildman–Crippen LogP) is 4.63. The van der Waals surface area contributed by atoms with E-state index in [2.05, 4.69) is 44.0 Å². The minimum Gasteiger partial charge on any atom is -0.323 e. The number of halogens is 2. The van der Waals surface area contributed by atoms with Gasteiger partial charge in [-0.2, -0.15) is 0 Å². The van der Waals surface area contributed by atoms with Crippen LogP contribution in [0.1, 0.15) is 38.5 Å². The van der Waals surface area contributed by atoms with Crippen molar-refractivity contribution < 1.29 is 4.79 Å². The smallest absolute Gasteiger partial charge is 0.323 e. The van der Waals surface area contributed by atoms with Gasteiger partial charge in [0.05, 0.1) is 0 Å². The van der Waals surface area contributed by atoms with Gasteiger partial charge >= 0.3 is 6.03 Å². The van der Waals surface area contributed by atoms with Gasteiger partial charge in [-0.1, -0.05) is 44.0 Å². The summed E-state index contributed by atoms with van der Waals surface area (Å²) in [7, 11) is 3.80. The van der Waals surface area contributed by atoms with E-state index in [1.807, 2.05) is 23.9 Å². The largest absolute Gasteiger partial charge is 0.324 e. The van der Waals surface area contributed by atoms with E-state index in [0.717, 1.165) is 31.4 Å². The Bertz CT molecular complexity index is 434. The third kappa shape index (κ3) is 3.48. The number of nitrogens with zero attached hydrogens (tertiary/aromatic N) is 2. The Kier molecular flexibility index (Phi) is 5.73. The molecule has 112 valence electrons. The Morgan fingerprint density at radius 2 is 1.85 bits per heavy atom. The third-order valence-electron chi connectivity index (χ3n) is 4.19. The molecule has 0 spiro atoms. The van der Waals surface area contributed by atoms with Crippen molar-refractivity contribution in [3.63, 3.8) is 0 Å². The number of allylic oxidation sites excluding steroid dienone is 3. The van der Waals surface area contributed by atoms with E-state index in [0.29, 0.717) is 4.83 Å². The summed E-state index contributed by atoms with van der Waals surface area (Å²) in [4.78, 5) is 16.7. The summed E-state index contributed by atoms with van der Waals surface area (Å²) in [5, 5.41) is 0. The highest BCUT2D eigenvalue weighted by Crippen LogP contribution is 2.32. The highest BCUT2D eigenvalue weighted by atomic mass is 79.9. The normalized spacial score (nSPS) is 26.6. The van der Waals surface area contributed by atoms with Crippen LogP contribution < -0.4 is 0 Å². The highest BCUT2D eigenvalue weighted by Gasteiger charge is 2.30. The summed E-state index contributed by atoms with van der Waals surface area (Å²) >= 11 is 7.32. The fourth-order valence-electron chi connectivity index (χ4n) is 2.86. The van der Waals surface area contributed by atoms with Crippen LogP contribution in [0.2, 0.25) is 0 Å². The van der Waals surface area contributed by atoms with Gasteiger partial charge in [0.25, 0.3) is 0 Å². The van der Waals surface area contributed by atoms with Gasteiger partial charge in [0.1, 0.15) is 0 Å². The number of rotatable bonds is 2. The van der Waals surface area contributed by atoms with E-state index in [1.165, 1.54) is 17.3 Å². The summed E-state index contributed by atoms with van der Waals surface area (Å²) in [6.45, 7) is 0. The SMILES string of the molecule is CN(C(=O)N(C)C1CC=CCC1Br)C1=C(Br)CCCC1. The molecule has 0 aromatic rings. The fraction of sp³-hybridized carbons (Fsp3) is 0.667. The van der Waals surface area contributed by atoms with Crippen LogP contribution in [0.25, 0.3) is 0 Å². The molecule has 0 saturated heterocycles. The minimum absolute atomic E-state index is 0.0867. The fourth-order valence-corrected chi connectivity index (χ4v) is 4.39. The van der Waals surface area contributed by atoms with Gasteiger partial charge in [0.15, 0.2) is 0 Å². The quantitative estimate of drug-likeness (QED) is 0.485. The average molecular weight is 406 g/mol. The molecule has 2 amide bonds. The third-order valence-corrected chi connectivity index (χ3v) is 6.03. The Balaban J connectivity index is 2.08. The maximum absolute atomic E-state index is 12.7. The lowest BCUT2D eigenvalue weighted by atomic mass is 10.0. The number of carbonyl (C=O) groups excluding carboxylic acids is 1. The molecular weight excluding hydrogens is 384 g/mol. The van der Waals surface area contributed by atoms with E-state index in [-0.39, 0.29) is 12.1 Å². The predicted molar refractivity (Wildman–Crippen MR) is 90.2 cm³/mol. The van der Waals surface area contributed by atoms with E-state index in [9.17, 15) is 4.79 Å². The maximum atomic E-state index is 12.7. The first-order valence-electron chi connectivity index (χ1n) is 7.19. The Morgan fingerprint density at radius 3 is 2.50 bits per heavy atom. The molecule has 3 nitrogen and oxygen atoms in total. The molecule has 2 aliphatic rings. The summed E-state index contributed by atoms with van der Waals surface area (Å²) in [6.07, 6.45) is 10.7. The van der Waals surface area contributed by atoms with Crippen molar-refractivity contribution in [3.05, 3.63) is 22.3 Å². The molecule has 5 heteroatoms. The molecule has 0 aliphatic heterocycles. The Labute approximate surface area is 138 Å². The van der Waals surface area contributed by atoms with Crippen LogP contribution in [-0.2, 0) is 0 Å². The average Bonchev–Trinajstić information content (AvgIpc) is 2.46. The van der Waals surface area contributed by atoms with Crippen LogP contribution in [0.3, 0.4) is 0 Å². The number of urea groups is 1. The summed E-state index contributed by atoms with van der Waals surface area (Å²) < 4.78 is 1.19. The highest BCUT2D eigenvalue weighted by molar-refractivity contribution is 9.11. The minimum atomic E-state index is 0.0867. The summed E-state index contributed by atoms with van der Waals surface area (Å²) in [5.74, 6) is 0. The van der Waals surface area contributed by atoms with Crippen LogP contribution in [0.4, 0.5) is 4.79 Å². The molecule has 0 aromatic carbocycles. The second-order valence-electron chi connectivity index (χ2n) is 5.54. The number of hydrogen-bond donors (Lipinski definition) is 0. The van der Waals surface area contributed by atoms with Crippen molar-refractivity contribution in [1.82, 2.24) is 9.80 Å². The monoisotopic (exact) mass is 404 g/mol. The molecule has 2 rings (SSSR count). The lowest BCUT2D eigenvalue weighted by Crippen LogP contribution is -2.48. The van der Waals surface area contributed by atoms with Crippen LogP contribution in [0, 0.1) is 0 Å². The van der Waals surface area contributed by atoms with Gasteiger partial charge in [0.2, 0.25) is 0 Å². The van der Waals surface area contributed by atoms with Gasteiger partial charge in [0, 0.05) is 35.1 Å². The number of carbonyl (C=O) groups is 1. The van der Waals surface area contributed by atoms with Crippen LogP contribution in [-0.4, -0.2) is 40.8 Å². The molecule has 0 saturated carbocycles. The van der Waals surface area contributed by atoms with E-state index in [1.54, 1.807) is 0 Å². The van der Waals surface area contributed by atoms with Gasteiger partial charge in [-0.15, -0.1) is 0 Å². The first-order valence-corrected chi connectivity index (χ1v) is 8.90. The molecule has 0 aromatic heterocycles. The Hall–Kier alpha value is -0.290. The zero-order valence-corrected chi connectivity index (χ0v) is 15.3. The Morgan fingerprint density at radius 1 is 1.20 bits per heavy atom. The van der Waals surface area contributed by atoms with Gasteiger partial charge in [-0.05, 0) is 38.5 Å². The first-order chi connectivity index (χ1) is 9.52. The molecule has 0 N–H and O–H groups in total. The summed E-state index contributed by atoms with van der Waals surface area (Å²) in [5.41, 5.74) is 1.14. The van der Waals surface area contributed by atoms with Crippen molar-refractivity contribution in [3.8, 4) is 0 Å². The first kappa shape index (κ1) is 16.1. The summed E-state index contributed by atoms with van der Waals surface area (Å²) in [6, 6.07) is 0.321. The van der Waals surface area contributed by atoms with Crippen molar-refractivity contribution in [2.45, 2.75) is 49.4 Å². The van der Waals surface area contributed by atoms with Gasteiger partial charge in [-0.25, -0.2) is 4.79 Å². The number of hydrogen-bond acceptors (Lipinski definition) is 1. The molecule has 0 bridgehead atoms. The lowest BCUT2D eigenvalue weighted by molar-refractivity contribution is 0.162. The van der Waals surface area contributed by atoms with E-state index in [4.69, 9.17) is 0 Å². The van der Waals surface area contributed by atoms with Gasteiger partial charge in [-0.3, -0.25) is 0 Å². The number of alkyl halides is 1. The maximum Gasteiger partial charge on any atom is 0.324 e. The molecule has 0 heterocycles. The second kappa shape index (κ2) is 7.12. The molecule has 2 aliphatic carbocycles.